The van der Waals surface area contributed by atoms with E-state index in [-0.39, 0.29) is 30.1 Å². The van der Waals surface area contributed by atoms with Gasteiger partial charge in [-0.15, -0.1) is 11.3 Å². The van der Waals surface area contributed by atoms with Gasteiger partial charge in [-0.3, -0.25) is 10.1 Å². The SMILES string of the molecule is CC.CC(C)(C)OC(=O)N1CC(CO)C(NC(=S)NC(=O)c2ccccc2)(c2cccs2)C1. The first kappa shape index (κ1) is 26.8. The Morgan fingerprint density at radius 1 is 1.21 bits per heavy atom. The van der Waals surface area contributed by atoms with Crippen LogP contribution < -0.4 is 10.6 Å². The molecule has 2 aromatic rings. The van der Waals surface area contributed by atoms with Crippen LogP contribution in [0.3, 0.4) is 0 Å². The number of hydrogen-bond donors (Lipinski definition) is 3. The van der Waals surface area contributed by atoms with Crippen molar-refractivity contribution < 1.29 is 19.4 Å². The van der Waals surface area contributed by atoms with Crippen LogP contribution in [0, 0.1) is 5.92 Å². The van der Waals surface area contributed by atoms with Gasteiger partial charge in [-0.25, -0.2) is 4.79 Å². The predicted molar refractivity (Wildman–Crippen MR) is 135 cm³/mol. The molecule has 0 aliphatic carbocycles. The Hall–Kier alpha value is -2.49. The van der Waals surface area contributed by atoms with Crippen molar-refractivity contribution in [3.8, 4) is 0 Å². The molecule has 2 heterocycles. The number of thiophene rings is 1. The third-order valence-corrected chi connectivity index (χ3v) is 6.26. The summed E-state index contributed by atoms with van der Waals surface area (Å²) in [5.41, 5.74) is -0.995. The second-order valence-corrected chi connectivity index (χ2v) is 9.82. The molecule has 7 nitrogen and oxygen atoms in total. The highest BCUT2D eigenvalue weighted by molar-refractivity contribution is 7.80. The van der Waals surface area contributed by atoms with Crippen molar-refractivity contribution in [1.29, 1.82) is 0 Å². The number of ether oxygens (including phenoxy) is 1. The maximum absolute atomic E-state index is 12.7. The van der Waals surface area contributed by atoms with Crippen LogP contribution >= 0.6 is 23.6 Å². The first-order valence-corrected chi connectivity index (χ1v) is 12.2. The van der Waals surface area contributed by atoms with Crippen molar-refractivity contribution in [2.75, 3.05) is 19.7 Å². The van der Waals surface area contributed by atoms with E-state index in [0.717, 1.165) is 4.88 Å². The van der Waals surface area contributed by atoms with E-state index < -0.39 is 17.2 Å². The molecule has 1 aliphatic heterocycles. The largest absolute Gasteiger partial charge is 0.444 e. The molecule has 180 valence electrons. The Morgan fingerprint density at radius 3 is 2.42 bits per heavy atom. The third-order valence-electron chi connectivity index (χ3n) is 5.01. The molecule has 2 unspecified atom stereocenters. The summed E-state index contributed by atoms with van der Waals surface area (Å²) in [7, 11) is 0. The number of hydrogen-bond acceptors (Lipinski definition) is 6. The van der Waals surface area contributed by atoms with E-state index in [0.29, 0.717) is 12.1 Å². The normalized spacial score (nSPS) is 19.8. The minimum atomic E-state index is -0.846. The number of benzene rings is 1. The number of nitrogens with zero attached hydrogens (tertiary/aromatic N) is 1. The zero-order valence-electron chi connectivity index (χ0n) is 19.8. The van der Waals surface area contributed by atoms with Gasteiger partial charge in [-0.1, -0.05) is 38.1 Å². The van der Waals surface area contributed by atoms with Crippen LogP contribution in [0.15, 0.2) is 47.8 Å². The Morgan fingerprint density at radius 2 is 1.88 bits per heavy atom. The molecular formula is C24H33N3O4S2. The molecule has 0 spiro atoms. The van der Waals surface area contributed by atoms with Gasteiger partial charge in [0.25, 0.3) is 5.91 Å². The van der Waals surface area contributed by atoms with Crippen molar-refractivity contribution in [1.82, 2.24) is 15.5 Å². The number of rotatable bonds is 4. The highest BCUT2D eigenvalue weighted by atomic mass is 32.1. The van der Waals surface area contributed by atoms with Crippen LogP contribution in [-0.4, -0.2) is 52.4 Å². The van der Waals surface area contributed by atoms with Crippen LogP contribution in [0.4, 0.5) is 4.79 Å². The zero-order chi connectivity index (χ0) is 24.6. The van der Waals surface area contributed by atoms with Gasteiger partial charge in [0.05, 0.1) is 18.7 Å². The lowest BCUT2D eigenvalue weighted by Crippen LogP contribution is -2.56. The molecule has 1 aromatic heterocycles. The van der Waals surface area contributed by atoms with Crippen LogP contribution in [0.2, 0.25) is 0 Å². The molecule has 33 heavy (non-hydrogen) atoms. The van der Waals surface area contributed by atoms with Gasteiger partial charge < -0.3 is 20.1 Å². The van der Waals surface area contributed by atoms with Crippen LogP contribution in [0.25, 0.3) is 0 Å². The molecule has 1 aliphatic rings. The van der Waals surface area contributed by atoms with Crippen molar-refractivity contribution in [2.45, 2.75) is 45.8 Å². The van der Waals surface area contributed by atoms with Gasteiger partial charge in [0.2, 0.25) is 0 Å². The number of carbonyl (C=O) groups excluding carboxylic acids is 2. The van der Waals surface area contributed by atoms with Crippen LogP contribution in [0.1, 0.15) is 49.9 Å². The van der Waals surface area contributed by atoms with E-state index in [4.69, 9.17) is 17.0 Å². The smallest absolute Gasteiger partial charge is 0.410 e. The fraction of sp³-hybridized carbons (Fsp3) is 0.458. The van der Waals surface area contributed by atoms with E-state index in [1.165, 1.54) is 11.3 Å². The minimum Gasteiger partial charge on any atom is -0.444 e. The highest BCUT2D eigenvalue weighted by Crippen LogP contribution is 2.39. The Balaban J connectivity index is 0.00000187. The van der Waals surface area contributed by atoms with E-state index >= 15 is 0 Å². The van der Waals surface area contributed by atoms with Crippen molar-refractivity contribution in [2.24, 2.45) is 5.92 Å². The summed E-state index contributed by atoms with van der Waals surface area (Å²) < 4.78 is 5.53. The molecule has 1 aromatic carbocycles. The monoisotopic (exact) mass is 491 g/mol. The minimum absolute atomic E-state index is 0.131. The molecule has 3 N–H and O–H groups in total. The fourth-order valence-corrected chi connectivity index (χ4v) is 4.84. The van der Waals surface area contributed by atoms with Crippen molar-refractivity contribution in [3.63, 3.8) is 0 Å². The topological polar surface area (TPSA) is 90.9 Å². The number of aliphatic hydroxyl groups excluding tert-OH is 1. The van der Waals surface area contributed by atoms with E-state index in [2.05, 4.69) is 10.6 Å². The summed E-state index contributed by atoms with van der Waals surface area (Å²) in [6.07, 6.45) is -0.453. The Labute approximate surface area is 205 Å². The maximum Gasteiger partial charge on any atom is 0.410 e. The maximum atomic E-state index is 12.7. The van der Waals surface area contributed by atoms with Gasteiger partial charge >= 0.3 is 6.09 Å². The predicted octanol–water partition coefficient (Wildman–Crippen LogP) is 4.13. The van der Waals surface area contributed by atoms with Gasteiger partial charge in [-0.2, -0.15) is 0 Å². The first-order chi connectivity index (χ1) is 15.6. The molecule has 2 amide bonds. The molecule has 2 atom stereocenters. The average Bonchev–Trinajstić information content (AvgIpc) is 3.43. The average molecular weight is 492 g/mol. The van der Waals surface area contributed by atoms with E-state index in [1.54, 1.807) is 29.2 Å². The summed E-state index contributed by atoms with van der Waals surface area (Å²) >= 11 is 6.95. The molecule has 3 rings (SSSR count). The number of thiocarbonyl (C=S) groups is 1. The molecule has 9 heteroatoms. The molecule has 0 bridgehead atoms. The summed E-state index contributed by atoms with van der Waals surface area (Å²) in [4.78, 5) is 27.7. The van der Waals surface area contributed by atoms with Gasteiger partial charge in [0, 0.05) is 22.9 Å². The number of carbonyl (C=O) groups is 2. The second-order valence-electron chi connectivity index (χ2n) is 8.46. The van der Waals surface area contributed by atoms with Crippen LogP contribution in [0.5, 0.6) is 0 Å². The van der Waals surface area contributed by atoms with Gasteiger partial charge in [-0.05, 0) is 56.6 Å². The van der Waals surface area contributed by atoms with Crippen molar-refractivity contribution >= 4 is 40.7 Å². The number of nitrogens with one attached hydrogen (secondary N) is 2. The number of aliphatic hydroxyl groups is 1. The summed E-state index contributed by atoms with van der Waals surface area (Å²) in [6.45, 7) is 9.80. The quantitative estimate of drug-likeness (QED) is 0.557. The lowest BCUT2D eigenvalue weighted by atomic mass is 9.86. The number of amides is 2. The van der Waals surface area contributed by atoms with Crippen LogP contribution in [-0.2, 0) is 10.3 Å². The standard InChI is InChI=1S/C22H27N3O4S2.C2H6/c1-21(2,3)29-20(28)25-12-16(13-26)22(14-25,17-10-7-11-31-17)24-19(30)23-18(27)15-8-5-4-6-9-15;1-2/h4-11,16,26H,12-14H2,1-3H3,(H2,23,24,27,30);1-2H3. The molecule has 1 fully saturated rings. The highest BCUT2D eigenvalue weighted by Gasteiger charge is 2.51. The fourth-order valence-electron chi connectivity index (χ4n) is 3.61. The molecule has 0 saturated carbocycles. The summed E-state index contributed by atoms with van der Waals surface area (Å²) in [6, 6.07) is 12.6. The lowest BCUT2D eigenvalue weighted by molar-refractivity contribution is 0.0278. The molecular weight excluding hydrogens is 458 g/mol. The summed E-state index contributed by atoms with van der Waals surface area (Å²) in [5, 5.41) is 18.2. The zero-order valence-corrected chi connectivity index (χ0v) is 21.4. The Bertz CT molecular complexity index is 929. The third kappa shape index (κ3) is 6.75. The summed E-state index contributed by atoms with van der Waals surface area (Å²) in [5.74, 6) is -0.674. The molecule has 1 saturated heterocycles. The number of likely N-dealkylation sites (tertiary alicyclic amines) is 1. The Kier molecular flexibility index (Phi) is 9.39. The van der Waals surface area contributed by atoms with Crippen molar-refractivity contribution in [3.05, 3.63) is 58.3 Å². The van der Waals surface area contributed by atoms with Gasteiger partial charge in [0.1, 0.15) is 5.60 Å². The molecule has 0 radical (unpaired) electrons. The lowest BCUT2D eigenvalue weighted by Gasteiger charge is -2.35. The first-order valence-electron chi connectivity index (χ1n) is 11.0. The second kappa shape index (κ2) is 11.6. The van der Waals surface area contributed by atoms with Gasteiger partial charge in [0.15, 0.2) is 5.11 Å². The van der Waals surface area contributed by atoms with E-state index in [1.807, 2.05) is 58.2 Å². The van der Waals surface area contributed by atoms with E-state index in [9.17, 15) is 14.7 Å².